The summed E-state index contributed by atoms with van der Waals surface area (Å²) in [5, 5.41) is 17.7. The van der Waals surface area contributed by atoms with Crippen molar-refractivity contribution in [2.45, 2.75) is 127 Å². The van der Waals surface area contributed by atoms with Gasteiger partial charge >= 0.3 is 12.2 Å². The van der Waals surface area contributed by atoms with E-state index in [-0.39, 0.29) is 48.8 Å². The number of amides is 3. The van der Waals surface area contributed by atoms with Crippen molar-refractivity contribution < 1.29 is 38.4 Å². The molecule has 7 rings (SSSR count). The molecule has 0 bridgehead atoms. The van der Waals surface area contributed by atoms with E-state index >= 15 is 0 Å². The zero-order valence-corrected chi connectivity index (χ0v) is 38.9. The highest BCUT2D eigenvalue weighted by atomic mass is 35.5. The van der Waals surface area contributed by atoms with Gasteiger partial charge in [-0.25, -0.2) is 24.5 Å². The number of benzene rings is 1. The Morgan fingerprint density at radius 2 is 1.63 bits per heavy atom. The SMILES string of the molecule is Cc1nc(N2CCC3(CC2)CO[C@@H](C)[C@H]3NC(=O)OC(C)(C)C)c(CO)nc1Sc1ccn2cc(-c3ccc(OCC(=O)NC4CCN(C(=O)OC(C)(C)C)CC4)cc3)nc2c1Cl. The average Bonchev–Trinajstić information content (AvgIpc) is 3.79. The molecule has 3 aromatic heterocycles. The van der Waals surface area contributed by atoms with Crippen molar-refractivity contribution in [3.8, 4) is 17.0 Å². The van der Waals surface area contributed by atoms with Crippen LogP contribution in [0.1, 0.15) is 85.5 Å². The van der Waals surface area contributed by atoms with Gasteiger partial charge in [0.2, 0.25) is 0 Å². The maximum Gasteiger partial charge on any atom is 0.410 e. The van der Waals surface area contributed by atoms with Gasteiger partial charge in [-0.2, -0.15) is 0 Å². The van der Waals surface area contributed by atoms with Crippen LogP contribution >= 0.6 is 23.4 Å². The normalized spacial score (nSPS) is 19.3. The number of anilines is 1. The Balaban J connectivity index is 0.942. The first-order valence-electron chi connectivity index (χ1n) is 21.5. The minimum absolute atomic E-state index is 0.0401. The van der Waals surface area contributed by atoms with E-state index < -0.39 is 17.3 Å². The zero-order valence-electron chi connectivity index (χ0n) is 37.3. The van der Waals surface area contributed by atoms with E-state index in [0.717, 1.165) is 23.3 Å². The number of aromatic nitrogens is 4. The minimum Gasteiger partial charge on any atom is -0.484 e. The zero-order chi connectivity index (χ0) is 45.3. The minimum atomic E-state index is -0.601. The molecule has 4 aromatic rings. The lowest BCUT2D eigenvalue weighted by Crippen LogP contribution is -2.55. The number of rotatable bonds is 10. The molecule has 63 heavy (non-hydrogen) atoms. The fourth-order valence-corrected chi connectivity index (χ4v) is 9.47. The summed E-state index contributed by atoms with van der Waals surface area (Å²) >= 11 is 8.36. The van der Waals surface area contributed by atoms with Crippen LogP contribution in [0.15, 0.2) is 52.6 Å². The van der Waals surface area contributed by atoms with Crippen molar-refractivity contribution in [2.75, 3.05) is 44.3 Å². The molecule has 16 nitrogen and oxygen atoms in total. The number of piperidine rings is 2. The molecule has 0 radical (unpaired) electrons. The molecule has 3 saturated heterocycles. The third-order valence-corrected chi connectivity index (χ3v) is 13.1. The Bertz CT molecular complexity index is 2300. The van der Waals surface area contributed by atoms with Gasteiger partial charge in [0.1, 0.15) is 27.7 Å². The molecule has 0 saturated carbocycles. The van der Waals surface area contributed by atoms with Gasteiger partial charge in [-0.1, -0.05) is 23.4 Å². The molecule has 18 heteroatoms. The molecule has 3 N–H and O–H groups in total. The maximum atomic E-state index is 12.7. The van der Waals surface area contributed by atoms with Crippen molar-refractivity contribution in [1.82, 2.24) is 34.9 Å². The van der Waals surface area contributed by atoms with Gasteiger partial charge in [-0.3, -0.25) is 4.79 Å². The van der Waals surface area contributed by atoms with Crippen LogP contribution in [0.5, 0.6) is 5.75 Å². The molecule has 3 amide bonds. The predicted molar refractivity (Wildman–Crippen MR) is 239 cm³/mol. The Hall–Kier alpha value is -4.84. The number of hydrogen-bond donors (Lipinski definition) is 3. The first kappa shape index (κ1) is 46.2. The third kappa shape index (κ3) is 11.1. The van der Waals surface area contributed by atoms with Crippen LogP contribution in [0.2, 0.25) is 5.02 Å². The fourth-order valence-electron chi connectivity index (χ4n) is 8.28. The molecule has 2 atom stereocenters. The van der Waals surface area contributed by atoms with E-state index in [1.54, 1.807) is 17.0 Å². The second kappa shape index (κ2) is 18.7. The number of nitrogens with one attached hydrogen (secondary N) is 2. The monoisotopic (exact) mass is 906 g/mol. The van der Waals surface area contributed by atoms with Gasteiger partial charge in [-0.15, -0.1) is 0 Å². The van der Waals surface area contributed by atoms with Crippen LogP contribution < -0.4 is 20.3 Å². The van der Waals surface area contributed by atoms with E-state index in [1.807, 2.05) is 90.4 Å². The highest BCUT2D eigenvalue weighted by molar-refractivity contribution is 7.99. The van der Waals surface area contributed by atoms with E-state index in [0.29, 0.717) is 90.0 Å². The summed E-state index contributed by atoms with van der Waals surface area (Å²) in [5.74, 6) is 0.964. The molecule has 0 aliphatic carbocycles. The second-order valence-corrected chi connectivity index (χ2v) is 20.0. The number of alkyl carbamates (subject to hydrolysis) is 1. The van der Waals surface area contributed by atoms with Crippen LogP contribution in [-0.4, -0.2) is 116 Å². The molecular formula is C45H59ClN8O8S. The summed E-state index contributed by atoms with van der Waals surface area (Å²) in [5.41, 5.74) is 1.91. The van der Waals surface area contributed by atoms with Crippen LogP contribution in [-0.2, 0) is 25.6 Å². The van der Waals surface area contributed by atoms with E-state index in [9.17, 15) is 19.5 Å². The third-order valence-electron chi connectivity index (χ3n) is 11.5. The molecule has 6 heterocycles. The molecule has 1 spiro atoms. The summed E-state index contributed by atoms with van der Waals surface area (Å²) < 4.78 is 24.8. The summed E-state index contributed by atoms with van der Waals surface area (Å²) in [6.45, 7) is 17.4. The lowest BCUT2D eigenvalue weighted by atomic mass is 9.73. The Morgan fingerprint density at radius 3 is 2.29 bits per heavy atom. The molecule has 1 aromatic carbocycles. The summed E-state index contributed by atoms with van der Waals surface area (Å²) in [6, 6.07) is 9.03. The Labute approximate surface area is 377 Å². The van der Waals surface area contributed by atoms with Crippen molar-refractivity contribution in [3.05, 3.63) is 59.1 Å². The number of ether oxygens (including phenoxy) is 4. The number of carbonyl (C=O) groups excluding carboxylic acids is 3. The van der Waals surface area contributed by atoms with Crippen LogP contribution in [0.25, 0.3) is 16.9 Å². The van der Waals surface area contributed by atoms with Crippen LogP contribution in [0.4, 0.5) is 15.4 Å². The molecule has 0 unspecified atom stereocenters. The van der Waals surface area contributed by atoms with E-state index in [1.165, 1.54) is 11.8 Å². The van der Waals surface area contributed by atoms with Crippen molar-refractivity contribution in [3.63, 3.8) is 0 Å². The maximum absolute atomic E-state index is 12.7. The first-order chi connectivity index (χ1) is 29.8. The van der Waals surface area contributed by atoms with Crippen LogP contribution in [0.3, 0.4) is 0 Å². The summed E-state index contributed by atoms with van der Waals surface area (Å²) in [6.07, 6.45) is 5.68. The molecule has 3 aliphatic heterocycles. The number of likely N-dealkylation sites (tertiary alicyclic amines) is 1. The highest BCUT2D eigenvalue weighted by Crippen LogP contribution is 2.44. The largest absolute Gasteiger partial charge is 0.484 e. The predicted octanol–water partition coefficient (Wildman–Crippen LogP) is 7.19. The number of imidazole rings is 1. The van der Waals surface area contributed by atoms with Gasteiger partial charge in [0.15, 0.2) is 18.1 Å². The van der Waals surface area contributed by atoms with Crippen molar-refractivity contribution in [2.24, 2.45) is 5.41 Å². The smallest absolute Gasteiger partial charge is 0.410 e. The molecule has 3 fully saturated rings. The number of aliphatic hydroxyl groups excluding tert-OH is 1. The Kier molecular flexibility index (Phi) is 13.7. The van der Waals surface area contributed by atoms with Crippen LogP contribution in [0, 0.1) is 12.3 Å². The van der Waals surface area contributed by atoms with Gasteiger partial charge in [0.25, 0.3) is 5.91 Å². The fraction of sp³-hybridized carbons (Fsp3) is 0.556. The first-order valence-corrected chi connectivity index (χ1v) is 22.7. The molecule has 3 aliphatic rings. The number of aliphatic hydroxyl groups is 1. The average molecular weight is 908 g/mol. The van der Waals surface area contributed by atoms with E-state index in [2.05, 4.69) is 15.5 Å². The van der Waals surface area contributed by atoms with Gasteiger partial charge in [0.05, 0.1) is 41.8 Å². The topological polar surface area (TPSA) is 182 Å². The number of carbonyl (C=O) groups is 3. The van der Waals surface area contributed by atoms with Crippen molar-refractivity contribution in [1.29, 1.82) is 0 Å². The standard InChI is InChI=1S/C45H59ClN8O8S/c1-27-40(50-33(24-55)38(47-27)52-21-16-45(17-22-52)26-60-28(2)37(45)51-41(57)61-43(3,4)5)63-34-15-20-54-23-32(49-39(54)36(34)46)29-9-11-31(12-10-29)59-25-35(56)48-30-13-18-53(19-14-30)42(58)62-44(6,7)8/h9-12,15,20,23,28,30,37,55H,13-14,16-19,21-22,24-26H2,1-8H3,(H,48,56)(H,51,57)/t28-,37+/m0/s1. The number of aryl methyl sites for hydroxylation is 1. The number of pyridine rings is 1. The summed E-state index contributed by atoms with van der Waals surface area (Å²) in [4.78, 5) is 57.0. The number of hydrogen-bond acceptors (Lipinski definition) is 13. The molecular weight excluding hydrogens is 848 g/mol. The molecule has 340 valence electrons. The van der Waals surface area contributed by atoms with Crippen molar-refractivity contribution >= 4 is 52.9 Å². The van der Waals surface area contributed by atoms with E-state index in [4.69, 9.17) is 45.5 Å². The second-order valence-electron chi connectivity index (χ2n) is 18.6. The number of halogens is 1. The summed E-state index contributed by atoms with van der Waals surface area (Å²) in [7, 11) is 0. The number of fused-ring (bicyclic) bond motifs is 1. The number of nitrogens with zero attached hydrogens (tertiary/aromatic N) is 6. The quantitative estimate of drug-likeness (QED) is 0.146. The Morgan fingerprint density at radius 1 is 0.952 bits per heavy atom. The lowest BCUT2D eigenvalue weighted by Gasteiger charge is -2.43. The lowest BCUT2D eigenvalue weighted by molar-refractivity contribution is -0.124. The van der Waals surface area contributed by atoms with Gasteiger partial charge in [-0.05, 0) is 111 Å². The van der Waals surface area contributed by atoms with Gasteiger partial charge in [0, 0.05) is 60.5 Å². The van der Waals surface area contributed by atoms with Gasteiger partial charge < -0.3 is 48.9 Å². The highest BCUT2D eigenvalue weighted by Gasteiger charge is 2.51.